The number of nitrogens with one attached hydrogen (secondary N) is 1. The number of rotatable bonds is 10. The largest absolute Gasteiger partial charge is 0.759 e. The first kappa shape index (κ1) is 35.6. The van der Waals surface area contributed by atoms with Gasteiger partial charge in [-0.05, 0) is 36.1 Å². The maximum absolute atomic E-state index is 11.7. The van der Waals surface area contributed by atoms with Crippen LogP contribution in [-0.2, 0) is 43.4 Å². The van der Waals surface area contributed by atoms with Crippen LogP contribution in [0.2, 0.25) is 10.0 Å². The van der Waals surface area contributed by atoms with E-state index in [1.54, 1.807) is 35.3 Å². The Labute approximate surface area is 228 Å². The van der Waals surface area contributed by atoms with E-state index in [4.69, 9.17) is 58.2 Å². The molecule has 0 fully saturated rings. The molecule has 1 aromatic carbocycles. The number of carboxylic acids is 2. The van der Waals surface area contributed by atoms with Crippen LogP contribution in [0.3, 0.4) is 0 Å². The Kier molecular flexibility index (Phi) is 14.9. The number of benzene rings is 1. The maximum atomic E-state index is 11.7. The molecule has 0 saturated carbocycles. The molecule has 0 aliphatic heterocycles. The van der Waals surface area contributed by atoms with E-state index in [0.717, 1.165) is 5.56 Å². The summed E-state index contributed by atoms with van der Waals surface area (Å²) in [4.78, 5) is 27.3. The predicted molar refractivity (Wildman–Crippen MR) is 128 cm³/mol. The Morgan fingerprint density at radius 1 is 0.947 bits per heavy atom. The van der Waals surface area contributed by atoms with Gasteiger partial charge in [-0.1, -0.05) is 37.0 Å². The van der Waals surface area contributed by atoms with Crippen molar-refractivity contribution in [1.82, 2.24) is 14.9 Å². The Morgan fingerprint density at radius 2 is 1.39 bits per heavy atom. The van der Waals surface area contributed by atoms with E-state index in [-0.39, 0.29) is 12.3 Å². The lowest BCUT2D eigenvalue weighted by Gasteiger charge is -2.22. The summed E-state index contributed by atoms with van der Waals surface area (Å²) in [5.41, 5.74) is 1.50. The van der Waals surface area contributed by atoms with E-state index in [9.17, 15) is 19.8 Å². The van der Waals surface area contributed by atoms with Gasteiger partial charge in [0.05, 0.1) is 6.33 Å². The molecular weight excluding hydrogens is 597 g/mol. The van der Waals surface area contributed by atoms with Crippen molar-refractivity contribution in [2.45, 2.75) is 45.3 Å². The van der Waals surface area contributed by atoms with E-state index in [1.165, 1.54) is 0 Å². The molecule has 0 amide bonds. The minimum absolute atomic E-state index is 0.0888. The van der Waals surface area contributed by atoms with Crippen LogP contribution in [0.15, 0.2) is 30.7 Å². The van der Waals surface area contributed by atoms with Crippen LogP contribution in [-0.4, -0.2) is 78.8 Å². The average Bonchev–Trinajstić information content (AvgIpc) is 3.09. The zero-order valence-corrected chi connectivity index (χ0v) is 22.8. The molecule has 1 heterocycles. The zero-order valence-electron chi connectivity index (χ0n) is 19.7. The Balaban J connectivity index is 0.00000116. The van der Waals surface area contributed by atoms with Crippen molar-refractivity contribution in [1.29, 1.82) is 0 Å². The van der Waals surface area contributed by atoms with Crippen LogP contribution in [0.25, 0.3) is 0 Å². The molecule has 1 aromatic heterocycles. The highest BCUT2D eigenvalue weighted by atomic mass is 35.5. The Morgan fingerprint density at radius 3 is 1.79 bits per heavy atom. The summed E-state index contributed by atoms with van der Waals surface area (Å²) >= 11 is 12.1. The number of imidazole rings is 1. The number of carboxylic acid groups (broad SMARTS) is 2. The van der Waals surface area contributed by atoms with Gasteiger partial charge in [-0.3, -0.25) is 31.7 Å². The fraction of sp³-hybridized carbons (Fsp3) is 0.421. The molecule has 0 radical (unpaired) electrons. The van der Waals surface area contributed by atoms with Crippen LogP contribution in [0.1, 0.15) is 31.5 Å². The van der Waals surface area contributed by atoms with Crippen LogP contribution >= 0.6 is 23.2 Å². The summed E-state index contributed by atoms with van der Waals surface area (Å²) in [6.45, 7) is 4.19. The molecule has 0 aliphatic carbocycles. The van der Waals surface area contributed by atoms with Crippen molar-refractivity contribution in [3.8, 4) is 0 Å². The van der Waals surface area contributed by atoms with Gasteiger partial charge in [-0.15, -0.1) is 0 Å². The molecule has 216 valence electrons. The molecule has 2 rings (SSSR count). The molecule has 3 N–H and O–H groups in total. The standard InChI is InChI=1S/C19H23Cl2N3O4.2H2O4S/c1-11(2)3-16(18(25)26)23-17(19(27)28)7-15-8-22-10-24(15)9-12-4-13(20)6-14(21)5-12;2*1-5(2,3)4/h4-6,8,10-11,16-17,23H,3,7,9H2,1-2H3,(H,25,26)(H,27,28);2*(H2,1,2,3,4)/p-4/t16-,17-;;/m0../s1. The zero-order chi connectivity index (χ0) is 29.8. The third-order valence-corrected chi connectivity index (χ3v) is 4.63. The van der Waals surface area contributed by atoms with Gasteiger partial charge in [0, 0.05) is 55.7 Å². The second-order valence-corrected chi connectivity index (χ2v) is 10.4. The molecule has 2 aromatic rings. The summed E-state index contributed by atoms with van der Waals surface area (Å²) < 4.78 is 70.0. The van der Waals surface area contributed by atoms with Crippen molar-refractivity contribution in [2.75, 3.05) is 0 Å². The van der Waals surface area contributed by atoms with E-state index in [1.807, 2.05) is 13.8 Å². The van der Waals surface area contributed by atoms with Crippen molar-refractivity contribution >= 4 is 55.9 Å². The van der Waals surface area contributed by atoms with Crippen LogP contribution in [0.4, 0.5) is 0 Å². The second kappa shape index (κ2) is 15.9. The summed E-state index contributed by atoms with van der Waals surface area (Å²) in [5.74, 6) is -2.07. The van der Waals surface area contributed by atoms with Gasteiger partial charge in [0.1, 0.15) is 12.1 Å². The number of hydrogen-bond donors (Lipinski definition) is 3. The van der Waals surface area contributed by atoms with E-state index < -0.39 is 44.8 Å². The summed E-state index contributed by atoms with van der Waals surface area (Å²) in [7, 11) is -10.3. The van der Waals surface area contributed by atoms with Gasteiger partial charge in [-0.25, -0.2) is 4.98 Å². The first-order valence-electron chi connectivity index (χ1n) is 10.1. The number of aromatic nitrogens is 2. The average molecular weight is 620 g/mol. The second-order valence-electron chi connectivity index (χ2n) is 7.89. The maximum Gasteiger partial charge on any atom is 0.321 e. The molecule has 0 spiro atoms. The van der Waals surface area contributed by atoms with Crippen LogP contribution in [0.5, 0.6) is 0 Å². The Bertz CT molecular complexity index is 1220. The quantitative estimate of drug-likeness (QED) is 0.243. The van der Waals surface area contributed by atoms with Crippen molar-refractivity contribution in [2.24, 2.45) is 5.92 Å². The lowest BCUT2D eigenvalue weighted by Crippen LogP contribution is -2.49. The monoisotopic (exact) mass is 619 g/mol. The van der Waals surface area contributed by atoms with Crippen LogP contribution < -0.4 is 5.32 Å². The SMILES string of the molecule is CC(C)C[C@H](N[C@@H](Cc1cncn1Cc1cc(Cl)cc(Cl)c1)C(=O)O)C(=O)O.O=S(=O)([O-])[O-].O=S(=O)([O-])[O-]. The van der Waals surface area contributed by atoms with Crippen molar-refractivity contribution in [3.63, 3.8) is 0 Å². The lowest BCUT2D eigenvalue weighted by molar-refractivity contribution is -0.142. The topological polar surface area (TPSA) is 265 Å². The van der Waals surface area contributed by atoms with Gasteiger partial charge in [0.15, 0.2) is 0 Å². The number of hydrogen-bond acceptors (Lipinski definition) is 12. The fourth-order valence-electron chi connectivity index (χ4n) is 2.94. The summed E-state index contributed by atoms with van der Waals surface area (Å²) in [5, 5.41) is 22.7. The minimum Gasteiger partial charge on any atom is -0.759 e. The van der Waals surface area contributed by atoms with Gasteiger partial charge in [0.2, 0.25) is 0 Å². The van der Waals surface area contributed by atoms with Gasteiger partial charge in [-0.2, -0.15) is 0 Å². The van der Waals surface area contributed by atoms with Crippen molar-refractivity contribution < 1.29 is 54.8 Å². The van der Waals surface area contributed by atoms with Gasteiger partial charge >= 0.3 is 11.9 Å². The number of halogens is 2. The van der Waals surface area contributed by atoms with Crippen molar-refractivity contribution in [3.05, 3.63) is 52.0 Å². The highest BCUT2D eigenvalue weighted by Gasteiger charge is 2.27. The van der Waals surface area contributed by atoms with Gasteiger partial charge in [0.25, 0.3) is 0 Å². The fourth-order valence-corrected chi connectivity index (χ4v) is 3.51. The lowest BCUT2D eigenvalue weighted by atomic mass is 10.0. The van der Waals surface area contributed by atoms with E-state index in [0.29, 0.717) is 28.7 Å². The number of aliphatic carboxylic acids is 2. The van der Waals surface area contributed by atoms with Gasteiger partial charge < -0.3 is 33.0 Å². The minimum atomic E-state index is -5.17. The molecule has 15 nitrogen and oxygen atoms in total. The molecule has 0 bridgehead atoms. The summed E-state index contributed by atoms with van der Waals surface area (Å²) in [6, 6.07) is 3.18. The molecule has 2 atom stereocenters. The predicted octanol–water partition coefficient (Wildman–Crippen LogP) is 0.647. The normalized spacial score (nSPS) is 13.0. The van der Waals surface area contributed by atoms with Crippen LogP contribution in [0, 0.1) is 5.92 Å². The molecule has 0 saturated heterocycles. The first-order chi connectivity index (χ1) is 17.2. The third kappa shape index (κ3) is 18.8. The smallest absolute Gasteiger partial charge is 0.321 e. The van der Waals surface area contributed by atoms with E-state index >= 15 is 0 Å². The highest BCUT2D eigenvalue weighted by molar-refractivity contribution is 7.79. The summed E-state index contributed by atoms with van der Waals surface area (Å²) in [6.07, 6.45) is 3.58. The molecular formula is C19H23Cl2N3O12S2-4. The molecule has 0 aliphatic rings. The molecule has 0 unspecified atom stereocenters. The molecule has 38 heavy (non-hydrogen) atoms. The third-order valence-electron chi connectivity index (χ3n) is 4.19. The Hall–Kier alpha value is -2.35. The first-order valence-corrected chi connectivity index (χ1v) is 13.6. The number of nitrogens with zero attached hydrogens (tertiary/aromatic N) is 2. The molecule has 19 heteroatoms. The number of carbonyl (C=O) groups is 2. The highest BCUT2D eigenvalue weighted by Crippen LogP contribution is 2.20. The van der Waals surface area contributed by atoms with E-state index in [2.05, 4.69) is 10.3 Å².